The third kappa shape index (κ3) is 2.44. The second-order valence-corrected chi connectivity index (χ2v) is 7.09. The lowest BCUT2D eigenvalue weighted by Crippen LogP contribution is -2.45. The molecule has 4 nitrogen and oxygen atoms in total. The van der Waals surface area contributed by atoms with Gasteiger partial charge in [-0.25, -0.2) is 0 Å². The molecule has 1 N–H and O–H groups in total. The van der Waals surface area contributed by atoms with E-state index in [-0.39, 0.29) is 17.9 Å². The molecule has 1 saturated heterocycles. The minimum atomic E-state index is -0.372. The van der Waals surface area contributed by atoms with E-state index in [4.69, 9.17) is 5.11 Å². The summed E-state index contributed by atoms with van der Waals surface area (Å²) in [5.74, 6) is -0.138. The number of piperidine rings is 1. The van der Waals surface area contributed by atoms with E-state index >= 15 is 0 Å². The van der Waals surface area contributed by atoms with E-state index in [9.17, 15) is 4.79 Å². The van der Waals surface area contributed by atoms with Crippen molar-refractivity contribution in [2.75, 3.05) is 33.8 Å². The Bertz CT molecular complexity index is 574. The van der Waals surface area contributed by atoms with Gasteiger partial charge in [0.2, 0.25) is 5.91 Å². The summed E-state index contributed by atoms with van der Waals surface area (Å²) in [6.07, 6.45) is 3.14. The molecule has 0 radical (unpaired) electrons. The van der Waals surface area contributed by atoms with Gasteiger partial charge in [-0.1, -0.05) is 23.8 Å². The molecule has 1 atom stereocenters. The normalized spacial score (nSPS) is 23.1. The number of aryl methyl sites for hydroxylation is 1. The summed E-state index contributed by atoms with van der Waals surface area (Å²) in [7, 11) is 4.30. The molecule has 1 heterocycles. The van der Waals surface area contributed by atoms with Crippen molar-refractivity contribution in [2.24, 2.45) is 0 Å². The monoisotopic (exact) mass is 302 g/mol. The second kappa shape index (κ2) is 5.67. The van der Waals surface area contributed by atoms with Crippen molar-refractivity contribution in [1.82, 2.24) is 9.80 Å². The molecule has 0 saturated carbocycles. The van der Waals surface area contributed by atoms with E-state index in [2.05, 4.69) is 44.1 Å². The van der Waals surface area contributed by atoms with Gasteiger partial charge in [-0.15, -0.1) is 0 Å². The van der Waals surface area contributed by atoms with Gasteiger partial charge < -0.3 is 14.9 Å². The molecular formula is C18H26N2O2. The van der Waals surface area contributed by atoms with Gasteiger partial charge in [0.25, 0.3) is 0 Å². The first-order chi connectivity index (χ1) is 10.5. The van der Waals surface area contributed by atoms with Gasteiger partial charge in [0, 0.05) is 24.5 Å². The number of likely N-dealkylation sites (tertiary alicyclic amines) is 1. The summed E-state index contributed by atoms with van der Waals surface area (Å²) >= 11 is 0. The van der Waals surface area contributed by atoms with E-state index in [1.807, 2.05) is 4.90 Å². The molecule has 1 unspecified atom stereocenters. The Morgan fingerprint density at radius 3 is 2.64 bits per heavy atom. The summed E-state index contributed by atoms with van der Waals surface area (Å²) in [5, 5.41) is 9.05. The fraction of sp³-hybridized carbons (Fsp3) is 0.611. The maximum atomic E-state index is 11.7. The van der Waals surface area contributed by atoms with Crippen LogP contribution in [-0.2, 0) is 10.2 Å². The van der Waals surface area contributed by atoms with Crippen LogP contribution in [0.2, 0.25) is 0 Å². The SMILES string of the molecule is Cc1ccc2c(c1)C1(CCN(C(=O)CO)CC1)CC2N(C)C. The number of hydrogen-bond acceptors (Lipinski definition) is 3. The first kappa shape index (κ1) is 15.5. The van der Waals surface area contributed by atoms with E-state index in [0.29, 0.717) is 6.04 Å². The average Bonchev–Trinajstić information content (AvgIpc) is 2.82. The largest absolute Gasteiger partial charge is 0.387 e. The van der Waals surface area contributed by atoms with Crippen LogP contribution in [0.3, 0.4) is 0 Å². The number of carbonyl (C=O) groups is 1. The van der Waals surface area contributed by atoms with Crippen LogP contribution in [0.1, 0.15) is 42.0 Å². The van der Waals surface area contributed by atoms with Gasteiger partial charge in [-0.3, -0.25) is 4.79 Å². The maximum Gasteiger partial charge on any atom is 0.248 e. The Labute approximate surface area is 132 Å². The lowest BCUT2D eigenvalue weighted by atomic mass is 9.73. The standard InChI is InChI=1S/C18H26N2O2/c1-13-4-5-14-15(10-13)18(11-16(14)19(2)3)6-8-20(9-7-18)17(22)12-21/h4-5,10,16,21H,6-9,11-12H2,1-3H3. The topological polar surface area (TPSA) is 43.8 Å². The van der Waals surface area contributed by atoms with E-state index in [1.54, 1.807) is 0 Å². The van der Waals surface area contributed by atoms with E-state index in [1.165, 1.54) is 16.7 Å². The van der Waals surface area contributed by atoms with Crippen molar-refractivity contribution in [3.05, 3.63) is 34.9 Å². The summed E-state index contributed by atoms with van der Waals surface area (Å²) < 4.78 is 0. The molecule has 4 heteroatoms. The van der Waals surface area contributed by atoms with Crippen LogP contribution < -0.4 is 0 Å². The zero-order valence-corrected chi connectivity index (χ0v) is 13.8. The molecule has 1 spiro atoms. The number of nitrogens with zero attached hydrogens (tertiary/aromatic N) is 2. The number of amides is 1. The summed E-state index contributed by atoms with van der Waals surface area (Å²) in [4.78, 5) is 15.8. The lowest BCUT2D eigenvalue weighted by molar-refractivity contribution is -0.135. The second-order valence-electron chi connectivity index (χ2n) is 7.09. The molecule has 1 aliphatic heterocycles. The molecule has 1 aromatic carbocycles. The van der Waals surface area contributed by atoms with Gasteiger partial charge in [0.1, 0.15) is 6.61 Å². The molecule has 2 aliphatic rings. The third-order valence-corrected chi connectivity index (χ3v) is 5.56. The van der Waals surface area contributed by atoms with Gasteiger partial charge in [-0.05, 0) is 51.4 Å². The fourth-order valence-electron chi connectivity index (χ4n) is 4.23. The first-order valence-corrected chi connectivity index (χ1v) is 8.13. The molecule has 1 fully saturated rings. The highest BCUT2D eigenvalue weighted by Gasteiger charge is 2.46. The van der Waals surface area contributed by atoms with Crippen molar-refractivity contribution in [2.45, 2.75) is 37.6 Å². The Balaban J connectivity index is 1.90. The molecule has 1 amide bonds. The van der Waals surface area contributed by atoms with Crippen molar-refractivity contribution in [3.63, 3.8) is 0 Å². The van der Waals surface area contributed by atoms with Crippen LogP contribution in [-0.4, -0.2) is 54.6 Å². The molecule has 1 aliphatic carbocycles. The van der Waals surface area contributed by atoms with Crippen LogP contribution in [0.15, 0.2) is 18.2 Å². The molecule has 120 valence electrons. The van der Waals surface area contributed by atoms with Crippen molar-refractivity contribution in [3.8, 4) is 0 Å². The van der Waals surface area contributed by atoms with Crippen LogP contribution in [0, 0.1) is 6.92 Å². The van der Waals surface area contributed by atoms with E-state index < -0.39 is 0 Å². The number of fused-ring (bicyclic) bond motifs is 2. The van der Waals surface area contributed by atoms with Gasteiger partial charge in [0.15, 0.2) is 0 Å². The Hall–Kier alpha value is -1.39. The molecular weight excluding hydrogens is 276 g/mol. The zero-order valence-electron chi connectivity index (χ0n) is 13.8. The minimum absolute atomic E-state index is 0.138. The number of aliphatic hydroxyl groups is 1. The highest BCUT2D eigenvalue weighted by molar-refractivity contribution is 5.77. The minimum Gasteiger partial charge on any atom is -0.387 e. The van der Waals surface area contributed by atoms with Gasteiger partial charge in [-0.2, -0.15) is 0 Å². The number of aliphatic hydroxyl groups excluding tert-OH is 1. The molecule has 0 aromatic heterocycles. The summed E-state index contributed by atoms with van der Waals surface area (Å²) in [6, 6.07) is 7.31. The summed E-state index contributed by atoms with van der Waals surface area (Å²) in [5.41, 5.74) is 4.45. The molecule has 0 bridgehead atoms. The Morgan fingerprint density at radius 1 is 1.36 bits per heavy atom. The predicted molar refractivity (Wildman–Crippen MR) is 86.8 cm³/mol. The van der Waals surface area contributed by atoms with Crippen LogP contribution in [0.25, 0.3) is 0 Å². The van der Waals surface area contributed by atoms with Crippen molar-refractivity contribution < 1.29 is 9.90 Å². The maximum absolute atomic E-state index is 11.7. The van der Waals surface area contributed by atoms with Crippen LogP contribution in [0.5, 0.6) is 0 Å². The van der Waals surface area contributed by atoms with Crippen LogP contribution >= 0.6 is 0 Å². The summed E-state index contributed by atoms with van der Waals surface area (Å²) in [6.45, 7) is 3.30. The third-order valence-electron chi connectivity index (χ3n) is 5.56. The van der Waals surface area contributed by atoms with Gasteiger partial charge >= 0.3 is 0 Å². The van der Waals surface area contributed by atoms with Crippen LogP contribution in [0.4, 0.5) is 0 Å². The van der Waals surface area contributed by atoms with Crippen molar-refractivity contribution in [1.29, 1.82) is 0 Å². The van der Waals surface area contributed by atoms with E-state index in [0.717, 1.165) is 32.4 Å². The van der Waals surface area contributed by atoms with Gasteiger partial charge in [0.05, 0.1) is 0 Å². The fourth-order valence-corrected chi connectivity index (χ4v) is 4.23. The highest BCUT2D eigenvalue weighted by Crippen LogP contribution is 2.52. The highest BCUT2D eigenvalue weighted by atomic mass is 16.3. The smallest absolute Gasteiger partial charge is 0.248 e. The Kier molecular flexibility index (Phi) is 4.00. The quantitative estimate of drug-likeness (QED) is 0.907. The average molecular weight is 302 g/mol. The van der Waals surface area contributed by atoms with Crippen molar-refractivity contribution >= 4 is 5.91 Å². The lowest BCUT2D eigenvalue weighted by Gasteiger charge is -2.40. The Morgan fingerprint density at radius 2 is 2.05 bits per heavy atom. The first-order valence-electron chi connectivity index (χ1n) is 8.13. The number of rotatable bonds is 2. The predicted octanol–water partition coefficient (Wildman–Crippen LogP) is 1.85. The molecule has 22 heavy (non-hydrogen) atoms. The number of hydrogen-bond donors (Lipinski definition) is 1. The number of benzene rings is 1. The molecule has 1 aromatic rings. The zero-order chi connectivity index (χ0) is 15.9. The number of carbonyl (C=O) groups excluding carboxylic acids is 1. The molecule has 3 rings (SSSR count).